The normalized spacial score (nSPS) is 15.5. The van der Waals surface area contributed by atoms with Crippen molar-refractivity contribution in [2.75, 3.05) is 39.4 Å². The van der Waals surface area contributed by atoms with Crippen LogP contribution in [0.15, 0.2) is 12.3 Å². The van der Waals surface area contributed by atoms with Crippen molar-refractivity contribution < 1.29 is 14.3 Å². The molecule has 0 unspecified atom stereocenters. The molecule has 1 aliphatic rings. The number of likely N-dealkylation sites (N-methyl/N-ethyl adjacent to an activating group) is 1. The Bertz CT molecular complexity index is 532. The zero-order chi connectivity index (χ0) is 17.4. The van der Waals surface area contributed by atoms with Crippen molar-refractivity contribution in [1.29, 1.82) is 0 Å². The molecule has 6 nitrogen and oxygen atoms in total. The van der Waals surface area contributed by atoms with Crippen LogP contribution in [0, 0.1) is 0 Å². The van der Waals surface area contributed by atoms with E-state index < -0.39 is 0 Å². The van der Waals surface area contributed by atoms with E-state index in [0.717, 1.165) is 32.5 Å². The fraction of sp³-hybridized carbons (Fsp3) is 0.647. The van der Waals surface area contributed by atoms with E-state index in [2.05, 4.69) is 29.0 Å². The Morgan fingerprint density at radius 3 is 2.75 bits per heavy atom. The monoisotopic (exact) mass is 355 g/mol. The standard InChI is InChI=1S/C17H26ClN3O3/c1-3-21(4-2)8-7-19-16(22)13-11-15(18)17(20-12-13)24-14-5-9-23-10-6-14/h11-12,14H,3-10H2,1-2H3,(H,19,22). The maximum Gasteiger partial charge on any atom is 0.252 e. The number of hydrogen-bond donors (Lipinski definition) is 1. The van der Waals surface area contributed by atoms with Gasteiger partial charge in [-0.3, -0.25) is 4.79 Å². The molecule has 0 radical (unpaired) electrons. The fourth-order valence-electron chi connectivity index (χ4n) is 2.56. The molecule has 1 aromatic rings. The highest BCUT2D eigenvalue weighted by atomic mass is 35.5. The second kappa shape index (κ2) is 9.81. The molecule has 0 bridgehead atoms. The van der Waals surface area contributed by atoms with Crippen LogP contribution >= 0.6 is 11.6 Å². The lowest BCUT2D eigenvalue weighted by Crippen LogP contribution is -2.34. The van der Waals surface area contributed by atoms with Gasteiger partial charge < -0.3 is 19.7 Å². The summed E-state index contributed by atoms with van der Waals surface area (Å²) >= 11 is 6.22. The lowest BCUT2D eigenvalue weighted by Gasteiger charge is -2.23. The number of carbonyl (C=O) groups is 1. The molecule has 1 N–H and O–H groups in total. The van der Waals surface area contributed by atoms with Crippen LogP contribution in [0.1, 0.15) is 37.0 Å². The summed E-state index contributed by atoms with van der Waals surface area (Å²) in [5, 5.41) is 3.25. The highest BCUT2D eigenvalue weighted by Crippen LogP contribution is 2.25. The average Bonchev–Trinajstić information content (AvgIpc) is 2.61. The molecule has 0 aromatic carbocycles. The van der Waals surface area contributed by atoms with E-state index in [9.17, 15) is 4.79 Å². The molecular weight excluding hydrogens is 330 g/mol. The summed E-state index contributed by atoms with van der Waals surface area (Å²) in [6.07, 6.45) is 3.22. The number of nitrogens with zero attached hydrogens (tertiary/aromatic N) is 2. The number of rotatable bonds is 8. The van der Waals surface area contributed by atoms with Gasteiger partial charge in [-0.15, -0.1) is 0 Å². The predicted octanol–water partition coefficient (Wildman–Crippen LogP) is 2.36. The summed E-state index contributed by atoms with van der Waals surface area (Å²) in [7, 11) is 0. The molecule has 134 valence electrons. The first-order valence-corrected chi connectivity index (χ1v) is 8.92. The van der Waals surface area contributed by atoms with Crippen LogP contribution in [-0.2, 0) is 4.74 Å². The topological polar surface area (TPSA) is 63.7 Å². The summed E-state index contributed by atoms with van der Waals surface area (Å²) in [4.78, 5) is 18.6. The predicted molar refractivity (Wildman–Crippen MR) is 93.8 cm³/mol. The molecule has 2 rings (SSSR count). The van der Waals surface area contributed by atoms with E-state index in [4.69, 9.17) is 21.1 Å². The second-order valence-electron chi connectivity index (χ2n) is 5.72. The van der Waals surface area contributed by atoms with Gasteiger partial charge in [-0.2, -0.15) is 0 Å². The van der Waals surface area contributed by atoms with Gasteiger partial charge in [0.2, 0.25) is 5.88 Å². The van der Waals surface area contributed by atoms with Gasteiger partial charge in [-0.05, 0) is 19.2 Å². The van der Waals surface area contributed by atoms with Gasteiger partial charge in [0, 0.05) is 32.1 Å². The highest BCUT2D eigenvalue weighted by Gasteiger charge is 2.18. The summed E-state index contributed by atoms with van der Waals surface area (Å²) in [5.74, 6) is 0.206. The third-order valence-corrected chi connectivity index (χ3v) is 4.40. The van der Waals surface area contributed by atoms with Crippen molar-refractivity contribution in [1.82, 2.24) is 15.2 Å². The summed E-state index contributed by atoms with van der Waals surface area (Å²) in [5.41, 5.74) is 0.443. The Kier molecular flexibility index (Phi) is 7.75. The molecule has 1 aliphatic heterocycles. The number of nitrogens with one attached hydrogen (secondary N) is 1. The lowest BCUT2D eigenvalue weighted by molar-refractivity contribution is 0.0238. The molecule has 1 aromatic heterocycles. The zero-order valence-electron chi connectivity index (χ0n) is 14.4. The first-order chi connectivity index (χ1) is 11.6. The van der Waals surface area contributed by atoms with Crippen LogP contribution in [0.5, 0.6) is 5.88 Å². The second-order valence-corrected chi connectivity index (χ2v) is 6.13. The Morgan fingerprint density at radius 1 is 1.42 bits per heavy atom. The molecule has 24 heavy (non-hydrogen) atoms. The van der Waals surface area contributed by atoms with Crippen LogP contribution in [0.4, 0.5) is 0 Å². The van der Waals surface area contributed by atoms with Crippen LogP contribution in [0.2, 0.25) is 5.02 Å². The molecule has 0 saturated carbocycles. The highest BCUT2D eigenvalue weighted by molar-refractivity contribution is 6.32. The Morgan fingerprint density at radius 2 is 2.12 bits per heavy atom. The minimum atomic E-state index is -0.172. The number of aromatic nitrogens is 1. The molecule has 2 heterocycles. The van der Waals surface area contributed by atoms with E-state index in [0.29, 0.717) is 36.2 Å². The lowest BCUT2D eigenvalue weighted by atomic mass is 10.1. The molecular formula is C17H26ClN3O3. The first-order valence-electron chi connectivity index (χ1n) is 8.54. The van der Waals surface area contributed by atoms with Crippen molar-refractivity contribution in [3.63, 3.8) is 0 Å². The third-order valence-electron chi connectivity index (χ3n) is 4.12. The molecule has 0 aliphatic carbocycles. The average molecular weight is 356 g/mol. The van der Waals surface area contributed by atoms with Gasteiger partial charge >= 0.3 is 0 Å². The van der Waals surface area contributed by atoms with Gasteiger partial charge in [0.1, 0.15) is 11.1 Å². The maximum atomic E-state index is 12.2. The molecule has 0 spiro atoms. The molecule has 0 atom stereocenters. The SMILES string of the molecule is CCN(CC)CCNC(=O)c1cnc(OC2CCOCC2)c(Cl)c1. The van der Waals surface area contributed by atoms with Crippen LogP contribution in [0.3, 0.4) is 0 Å². The van der Waals surface area contributed by atoms with Gasteiger partial charge in [-0.25, -0.2) is 4.98 Å². The minimum Gasteiger partial charge on any atom is -0.473 e. The van der Waals surface area contributed by atoms with Crippen molar-refractivity contribution in [2.45, 2.75) is 32.8 Å². The number of halogens is 1. The number of pyridine rings is 1. The number of ether oxygens (including phenoxy) is 2. The Hall–Kier alpha value is -1.37. The first kappa shape index (κ1) is 19.0. The summed E-state index contributed by atoms with van der Waals surface area (Å²) < 4.78 is 11.1. The zero-order valence-corrected chi connectivity index (χ0v) is 15.1. The van der Waals surface area contributed by atoms with E-state index in [1.54, 1.807) is 6.07 Å². The van der Waals surface area contributed by atoms with E-state index in [1.807, 2.05) is 0 Å². The Balaban J connectivity index is 1.87. The van der Waals surface area contributed by atoms with Crippen LogP contribution < -0.4 is 10.1 Å². The van der Waals surface area contributed by atoms with Gasteiger partial charge in [0.15, 0.2) is 0 Å². The molecule has 1 saturated heterocycles. The van der Waals surface area contributed by atoms with Gasteiger partial charge in [0.05, 0.1) is 18.8 Å². The van der Waals surface area contributed by atoms with E-state index in [1.165, 1.54) is 6.20 Å². The number of hydrogen-bond acceptors (Lipinski definition) is 5. The van der Waals surface area contributed by atoms with Gasteiger partial charge in [0.25, 0.3) is 5.91 Å². The largest absolute Gasteiger partial charge is 0.473 e. The van der Waals surface area contributed by atoms with E-state index in [-0.39, 0.29) is 12.0 Å². The maximum absolute atomic E-state index is 12.2. The van der Waals surface area contributed by atoms with Crippen LogP contribution in [-0.4, -0.2) is 61.3 Å². The summed E-state index contributed by atoms with van der Waals surface area (Å²) in [6, 6.07) is 1.61. The van der Waals surface area contributed by atoms with Crippen molar-refractivity contribution in [3.05, 3.63) is 22.8 Å². The molecule has 1 fully saturated rings. The summed E-state index contributed by atoms with van der Waals surface area (Å²) in [6.45, 7) is 8.95. The van der Waals surface area contributed by atoms with Gasteiger partial charge in [-0.1, -0.05) is 25.4 Å². The van der Waals surface area contributed by atoms with E-state index >= 15 is 0 Å². The smallest absolute Gasteiger partial charge is 0.252 e. The van der Waals surface area contributed by atoms with Crippen molar-refractivity contribution >= 4 is 17.5 Å². The number of carbonyl (C=O) groups excluding carboxylic acids is 1. The quantitative estimate of drug-likeness (QED) is 0.775. The molecule has 1 amide bonds. The Labute approximate surface area is 148 Å². The number of amides is 1. The molecule has 7 heteroatoms. The fourth-order valence-corrected chi connectivity index (χ4v) is 2.77. The van der Waals surface area contributed by atoms with Crippen molar-refractivity contribution in [2.24, 2.45) is 0 Å². The minimum absolute atomic E-state index is 0.0671. The van der Waals surface area contributed by atoms with Crippen LogP contribution in [0.25, 0.3) is 0 Å². The van der Waals surface area contributed by atoms with Crippen molar-refractivity contribution in [3.8, 4) is 5.88 Å². The third kappa shape index (κ3) is 5.61.